The van der Waals surface area contributed by atoms with Gasteiger partial charge in [0.05, 0.1) is 0 Å². The fraction of sp³-hybridized carbons (Fsp3) is 0.846. The lowest BCUT2D eigenvalue weighted by Gasteiger charge is -2.28. The zero-order valence-corrected chi connectivity index (χ0v) is 12.1. The Morgan fingerprint density at radius 3 is 2.32 bits per heavy atom. The average molecular weight is 271 g/mol. The molecule has 0 bridgehead atoms. The monoisotopic (exact) mass is 271 g/mol. The number of nitrogens with one attached hydrogen (secondary N) is 1. The molecule has 1 heterocycles. The highest BCUT2D eigenvalue weighted by Gasteiger charge is 2.22. The summed E-state index contributed by atoms with van der Waals surface area (Å²) in [6.07, 6.45) is 2.44. The van der Waals surface area contributed by atoms with E-state index in [1.807, 2.05) is 20.8 Å². The molecule has 0 spiro atoms. The van der Waals surface area contributed by atoms with Gasteiger partial charge in [0, 0.05) is 18.6 Å². The lowest BCUT2D eigenvalue weighted by molar-refractivity contribution is -0.138. The summed E-state index contributed by atoms with van der Waals surface area (Å²) in [5.74, 6) is -0.990. The first-order valence-electron chi connectivity index (χ1n) is 6.91. The van der Waals surface area contributed by atoms with Gasteiger partial charge in [0.2, 0.25) is 0 Å². The Hall–Kier alpha value is -1.30. The van der Waals surface area contributed by atoms with Crippen LogP contribution in [0, 0.1) is 0 Å². The van der Waals surface area contributed by atoms with Crippen molar-refractivity contribution >= 4 is 12.0 Å². The number of urea groups is 1. The molecule has 1 aliphatic rings. The number of carbonyl (C=O) groups is 2. The van der Waals surface area contributed by atoms with E-state index in [-0.39, 0.29) is 24.7 Å². The summed E-state index contributed by atoms with van der Waals surface area (Å²) in [5, 5.41) is 11.7. The summed E-state index contributed by atoms with van der Waals surface area (Å²) in [6, 6.07) is -0.403. The van der Waals surface area contributed by atoms with Gasteiger partial charge in [-0.2, -0.15) is 0 Å². The molecule has 1 rings (SSSR count). The second-order valence-electron chi connectivity index (χ2n) is 5.47. The van der Waals surface area contributed by atoms with Crippen LogP contribution in [0.2, 0.25) is 0 Å². The van der Waals surface area contributed by atoms with E-state index in [9.17, 15) is 9.59 Å². The van der Waals surface area contributed by atoms with Crippen molar-refractivity contribution in [2.75, 3.05) is 26.2 Å². The van der Waals surface area contributed by atoms with E-state index in [1.165, 1.54) is 17.7 Å². The summed E-state index contributed by atoms with van der Waals surface area (Å²) in [7, 11) is 0. The van der Waals surface area contributed by atoms with Crippen molar-refractivity contribution in [2.24, 2.45) is 0 Å². The molecule has 1 fully saturated rings. The second-order valence-corrected chi connectivity index (χ2v) is 5.47. The molecule has 0 aromatic heterocycles. The SMILES string of the molecule is CC(CN1CCCC1)NC(=O)N(CC(=O)O)C(C)C. The number of hydrogen-bond acceptors (Lipinski definition) is 3. The van der Waals surface area contributed by atoms with Gasteiger partial charge in [-0.15, -0.1) is 0 Å². The predicted molar refractivity (Wildman–Crippen MR) is 73.1 cm³/mol. The minimum absolute atomic E-state index is 0.0284. The highest BCUT2D eigenvalue weighted by atomic mass is 16.4. The number of nitrogens with zero attached hydrogens (tertiary/aromatic N) is 2. The van der Waals surface area contributed by atoms with Gasteiger partial charge in [0.25, 0.3) is 0 Å². The Labute approximate surface area is 114 Å². The average Bonchev–Trinajstić information content (AvgIpc) is 2.77. The smallest absolute Gasteiger partial charge is 0.323 e. The first-order valence-corrected chi connectivity index (χ1v) is 6.91. The second kappa shape index (κ2) is 7.33. The number of hydrogen-bond donors (Lipinski definition) is 2. The van der Waals surface area contributed by atoms with Crippen molar-refractivity contribution in [1.82, 2.24) is 15.1 Å². The third-order valence-corrected chi connectivity index (χ3v) is 3.29. The first-order chi connectivity index (χ1) is 8.90. The van der Waals surface area contributed by atoms with Gasteiger partial charge in [-0.25, -0.2) is 4.79 Å². The van der Waals surface area contributed by atoms with E-state index in [1.54, 1.807) is 0 Å². The lowest BCUT2D eigenvalue weighted by Crippen LogP contribution is -2.51. The maximum Gasteiger partial charge on any atom is 0.323 e. The molecule has 1 unspecified atom stereocenters. The van der Waals surface area contributed by atoms with Gasteiger partial charge >= 0.3 is 12.0 Å². The number of aliphatic carboxylic acids is 1. The molecule has 0 radical (unpaired) electrons. The molecule has 6 nitrogen and oxygen atoms in total. The Balaban J connectivity index is 2.43. The Morgan fingerprint density at radius 1 is 1.26 bits per heavy atom. The quantitative estimate of drug-likeness (QED) is 0.755. The van der Waals surface area contributed by atoms with Gasteiger partial charge < -0.3 is 20.2 Å². The van der Waals surface area contributed by atoms with Crippen LogP contribution in [0.15, 0.2) is 0 Å². The maximum absolute atomic E-state index is 12.0. The summed E-state index contributed by atoms with van der Waals surface area (Å²) < 4.78 is 0. The normalized spacial score (nSPS) is 17.5. The van der Waals surface area contributed by atoms with E-state index >= 15 is 0 Å². The van der Waals surface area contributed by atoms with E-state index < -0.39 is 5.97 Å². The van der Waals surface area contributed by atoms with Gasteiger partial charge in [0.15, 0.2) is 0 Å². The number of carbonyl (C=O) groups excluding carboxylic acids is 1. The molecule has 6 heteroatoms. The predicted octanol–water partition coefficient (Wildman–Crippen LogP) is 0.975. The summed E-state index contributed by atoms with van der Waals surface area (Å²) >= 11 is 0. The van der Waals surface area contributed by atoms with Gasteiger partial charge in [-0.1, -0.05) is 0 Å². The number of carboxylic acids is 1. The Kier molecular flexibility index (Phi) is 6.08. The summed E-state index contributed by atoms with van der Waals surface area (Å²) in [4.78, 5) is 26.4. The molecule has 0 saturated carbocycles. The van der Waals surface area contributed by atoms with Crippen molar-refractivity contribution < 1.29 is 14.7 Å². The van der Waals surface area contributed by atoms with Crippen molar-refractivity contribution in [3.05, 3.63) is 0 Å². The summed E-state index contributed by atoms with van der Waals surface area (Å²) in [6.45, 7) is 8.31. The van der Waals surface area contributed by atoms with Gasteiger partial charge in [-0.3, -0.25) is 4.79 Å². The third kappa shape index (κ3) is 5.46. The zero-order chi connectivity index (χ0) is 14.4. The van der Waals surface area contributed by atoms with Crippen LogP contribution in [0.3, 0.4) is 0 Å². The zero-order valence-electron chi connectivity index (χ0n) is 12.1. The van der Waals surface area contributed by atoms with Gasteiger partial charge in [-0.05, 0) is 46.7 Å². The molecular formula is C13H25N3O3. The maximum atomic E-state index is 12.0. The number of amides is 2. The molecule has 2 amide bonds. The standard InChI is InChI=1S/C13H25N3O3/c1-10(2)16(9-12(17)18)13(19)14-11(3)8-15-6-4-5-7-15/h10-11H,4-9H2,1-3H3,(H,14,19)(H,17,18). The van der Waals surface area contributed by atoms with Crippen molar-refractivity contribution in [3.8, 4) is 0 Å². The molecule has 2 N–H and O–H groups in total. The van der Waals surface area contributed by atoms with E-state index in [4.69, 9.17) is 5.11 Å². The van der Waals surface area contributed by atoms with Crippen LogP contribution < -0.4 is 5.32 Å². The van der Waals surface area contributed by atoms with Gasteiger partial charge in [0.1, 0.15) is 6.54 Å². The van der Waals surface area contributed by atoms with Crippen LogP contribution in [0.1, 0.15) is 33.6 Å². The molecule has 1 atom stereocenters. The third-order valence-electron chi connectivity index (χ3n) is 3.29. The minimum atomic E-state index is -0.990. The van der Waals surface area contributed by atoms with Crippen LogP contribution >= 0.6 is 0 Å². The highest BCUT2D eigenvalue weighted by molar-refractivity contribution is 5.80. The molecule has 1 saturated heterocycles. The fourth-order valence-corrected chi connectivity index (χ4v) is 2.33. The largest absolute Gasteiger partial charge is 0.480 e. The number of rotatable bonds is 6. The van der Waals surface area contributed by atoms with E-state index in [0.29, 0.717) is 0 Å². The minimum Gasteiger partial charge on any atom is -0.480 e. The fourth-order valence-electron chi connectivity index (χ4n) is 2.33. The number of likely N-dealkylation sites (tertiary alicyclic amines) is 1. The van der Waals surface area contributed by atoms with Crippen LogP contribution in [0.25, 0.3) is 0 Å². The molecule has 110 valence electrons. The molecular weight excluding hydrogens is 246 g/mol. The summed E-state index contributed by atoms with van der Waals surface area (Å²) in [5.41, 5.74) is 0. The van der Waals surface area contributed by atoms with Crippen LogP contribution in [-0.4, -0.2) is 65.2 Å². The van der Waals surface area contributed by atoms with Crippen molar-refractivity contribution in [2.45, 2.75) is 45.7 Å². The van der Waals surface area contributed by atoms with Crippen molar-refractivity contribution in [3.63, 3.8) is 0 Å². The molecule has 1 aliphatic heterocycles. The number of carboxylic acid groups (broad SMARTS) is 1. The Morgan fingerprint density at radius 2 is 1.84 bits per heavy atom. The van der Waals surface area contributed by atoms with E-state index in [2.05, 4.69) is 10.2 Å². The van der Waals surface area contributed by atoms with Crippen LogP contribution in [-0.2, 0) is 4.79 Å². The van der Waals surface area contributed by atoms with Crippen LogP contribution in [0.4, 0.5) is 4.79 Å². The topological polar surface area (TPSA) is 72.9 Å². The van der Waals surface area contributed by atoms with Crippen molar-refractivity contribution in [1.29, 1.82) is 0 Å². The highest BCUT2D eigenvalue weighted by Crippen LogP contribution is 2.08. The Bertz CT molecular complexity index is 314. The first kappa shape index (κ1) is 15.8. The molecule has 0 aliphatic carbocycles. The van der Waals surface area contributed by atoms with E-state index in [0.717, 1.165) is 19.6 Å². The lowest BCUT2D eigenvalue weighted by atomic mass is 10.3. The molecule has 0 aromatic carbocycles. The molecule has 0 aromatic rings. The van der Waals surface area contributed by atoms with Crippen LogP contribution in [0.5, 0.6) is 0 Å². The molecule has 19 heavy (non-hydrogen) atoms.